The SMILES string of the molecule is CCN(CC)C(C#N)c1c(Cl)nc2scc(C)n12. The summed E-state index contributed by atoms with van der Waals surface area (Å²) in [7, 11) is 0. The summed E-state index contributed by atoms with van der Waals surface area (Å²) < 4.78 is 1.99. The first kappa shape index (κ1) is 13.3. The molecule has 2 aromatic heterocycles. The van der Waals surface area contributed by atoms with Crippen LogP contribution in [0.3, 0.4) is 0 Å². The summed E-state index contributed by atoms with van der Waals surface area (Å²) in [6.45, 7) is 7.70. The Bertz CT molecular complexity index is 591. The Labute approximate surface area is 115 Å². The van der Waals surface area contributed by atoms with E-state index in [-0.39, 0.29) is 6.04 Å². The van der Waals surface area contributed by atoms with Crippen LogP contribution in [0.15, 0.2) is 5.38 Å². The van der Waals surface area contributed by atoms with Gasteiger partial charge in [0.05, 0.1) is 11.8 Å². The van der Waals surface area contributed by atoms with Crippen molar-refractivity contribution in [2.45, 2.75) is 26.8 Å². The average Bonchev–Trinajstić information content (AvgIpc) is 2.86. The van der Waals surface area contributed by atoms with Crippen LogP contribution in [0.2, 0.25) is 5.15 Å². The fraction of sp³-hybridized carbons (Fsp3) is 0.500. The van der Waals surface area contributed by atoms with Gasteiger partial charge in [-0.15, -0.1) is 11.3 Å². The van der Waals surface area contributed by atoms with E-state index < -0.39 is 0 Å². The third kappa shape index (κ3) is 2.01. The highest BCUT2D eigenvalue weighted by Crippen LogP contribution is 2.31. The van der Waals surface area contributed by atoms with Gasteiger partial charge in [0.15, 0.2) is 10.1 Å². The predicted molar refractivity (Wildman–Crippen MR) is 74.1 cm³/mol. The number of aryl methyl sites for hydroxylation is 1. The molecule has 0 bridgehead atoms. The van der Waals surface area contributed by atoms with Gasteiger partial charge in [-0.3, -0.25) is 9.30 Å². The van der Waals surface area contributed by atoms with Crippen LogP contribution in [0.5, 0.6) is 0 Å². The lowest BCUT2D eigenvalue weighted by Gasteiger charge is -2.23. The fourth-order valence-electron chi connectivity index (χ4n) is 2.14. The van der Waals surface area contributed by atoms with Crippen LogP contribution in [-0.4, -0.2) is 27.4 Å². The van der Waals surface area contributed by atoms with Crippen LogP contribution in [-0.2, 0) is 0 Å². The summed E-state index contributed by atoms with van der Waals surface area (Å²) in [4.78, 5) is 7.25. The molecule has 1 unspecified atom stereocenters. The summed E-state index contributed by atoms with van der Waals surface area (Å²) >= 11 is 7.75. The Hall–Kier alpha value is -1.09. The lowest BCUT2D eigenvalue weighted by molar-refractivity contribution is 0.258. The maximum Gasteiger partial charge on any atom is 0.195 e. The minimum absolute atomic E-state index is 0.351. The van der Waals surface area contributed by atoms with E-state index in [4.69, 9.17) is 11.6 Å². The normalized spacial score (nSPS) is 13.1. The maximum absolute atomic E-state index is 9.45. The van der Waals surface area contributed by atoms with E-state index in [1.807, 2.05) is 30.6 Å². The number of hydrogen-bond acceptors (Lipinski definition) is 4. The molecule has 4 nitrogen and oxygen atoms in total. The molecule has 0 amide bonds. The van der Waals surface area contributed by atoms with Gasteiger partial charge in [-0.05, 0) is 20.0 Å². The Balaban J connectivity index is 2.61. The topological polar surface area (TPSA) is 44.3 Å². The van der Waals surface area contributed by atoms with E-state index in [2.05, 4.69) is 16.0 Å². The van der Waals surface area contributed by atoms with E-state index in [1.165, 1.54) is 0 Å². The van der Waals surface area contributed by atoms with Gasteiger partial charge < -0.3 is 0 Å². The van der Waals surface area contributed by atoms with Crippen molar-refractivity contribution in [1.82, 2.24) is 14.3 Å². The summed E-state index contributed by atoms with van der Waals surface area (Å²) in [6, 6.07) is 1.99. The van der Waals surface area contributed by atoms with Crippen molar-refractivity contribution in [3.63, 3.8) is 0 Å². The number of thiazole rings is 1. The Morgan fingerprint density at radius 3 is 2.78 bits per heavy atom. The van der Waals surface area contributed by atoms with E-state index in [0.717, 1.165) is 29.4 Å². The van der Waals surface area contributed by atoms with Crippen LogP contribution in [0, 0.1) is 18.3 Å². The highest BCUT2D eigenvalue weighted by Gasteiger charge is 2.26. The molecule has 0 spiro atoms. The molecule has 2 rings (SSSR count). The molecule has 0 aliphatic heterocycles. The van der Waals surface area contributed by atoms with E-state index in [1.54, 1.807) is 11.3 Å². The molecule has 0 aliphatic rings. The second kappa shape index (κ2) is 5.27. The minimum Gasteiger partial charge on any atom is -0.288 e. The first-order chi connectivity index (χ1) is 8.63. The number of fused-ring (bicyclic) bond motifs is 1. The number of halogens is 1. The van der Waals surface area contributed by atoms with Crippen LogP contribution >= 0.6 is 22.9 Å². The van der Waals surface area contributed by atoms with Gasteiger partial charge in [-0.1, -0.05) is 25.4 Å². The molecule has 1 atom stereocenters. The van der Waals surface area contributed by atoms with Gasteiger partial charge in [-0.2, -0.15) is 5.26 Å². The number of nitriles is 1. The Morgan fingerprint density at radius 1 is 1.56 bits per heavy atom. The summed E-state index contributed by atoms with van der Waals surface area (Å²) in [5.41, 5.74) is 1.86. The molecule has 18 heavy (non-hydrogen) atoms. The minimum atomic E-state index is -0.351. The molecule has 6 heteroatoms. The number of rotatable bonds is 4. The van der Waals surface area contributed by atoms with Crippen LogP contribution in [0.25, 0.3) is 4.96 Å². The third-order valence-electron chi connectivity index (χ3n) is 3.08. The van der Waals surface area contributed by atoms with Crippen molar-refractivity contribution in [2.75, 3.05) is 13.1 Å². The van der Waals surface area contributed by atoms with Crippen molar-refractivity contribution in [3.05, 3.63) is 21.9 Å². The second-order valence-corrected chi connectivity index (χ2v) is 5.23. The quantitative estimate of drug-likeness (QED) is 0.864. The maximum atomic E-state index is 9.45. The van der Waals surface area contributed by atoms with Crippen LogP contribution in [0.4, 0.5) is 0 Å². The van der Waals surface area contributed by atoms with Gasteiger partial charge in [-0.25, -0.2) is 4.98 Å². The number of nitrogens with zero attached hydrogens (tertiary/aromatic N) is 4. The molecule has 96 valence electrons. The summed E-state index contributed by atoms with van der Waals surface area (Å²) in [5.74, 6) is 0. The second-order valence-electron chi connectivity index (χ2n) is 4.04. The van der Waals surface area contributed by atoms with Gasteiger partial charge in [0, 0.05) is 11.1 Å². The van der Waals surface area contributed by atoms with Crippen molar-refractivity contribution in [2.24, 2.45) is 0 Å². The molecule has 0 radical (unpaired) electrons. The average molecular weight is 283 g/mol. The van der Waals surface area contributed by atoms with Crippen LogP contribution < -0.4 is 0 Å². The molecule has 0 aromatic carbocycles. The van der Waals surface area contributed by atoms with E-state index in [0.29, 0.717) is 5.15 Å². The van der Waals surface area contributed by atoms with Crippen LogP contribution in [0.1, 0.15) is 31.3 Å². The smallest absolute Gasteiger partial charge is 0.195 e. The Morgan fingerprint density at radius 2 is 2.22 bits per heavy atom. The van der Waals surface area contributed by atoms with Crippen molar-refractivity contribution >= 4 is 27.9 Å². The zero-order valence-corrected chi connectivity index (χ0v) is 12.2. The zero-order chi connectivity index (χ0) is 13.3. The molecular formula is C12H15ClN4S. The number of hydrogen-bond donors (Lipinski definition) is 0. The highest BCUT2D eigenvalue weighted by atomic mass is 35.5. The van der Waals surface area contributed by atoms with Gasteiger partial charge in [0.2, 0.25) is 0 Å². The van der Waals surface area contributed by atoms with Crippen molar-refractivity contribution in [1.29, 1.82) is 5.26 Å². The molecule has 0 saturated carbocycles. The number of aromatic nitrogens is 2. The first-order valence-electron chi connectivity index (χ1n) is 5.89. The van der Waals surface area contributed by atoms with E-state index >= 15 is 0 Å². The van der Waals surface area contributed by atoms with Crippen molar-refractivity contribution < 1.29 is 0 Å². The molecule has 0 fully saturated rings. The predicted octanol–water partition coefficient (Wildman–Crippen LogP) is 3.26. The summed E-state index contributed by atoms with van der Waals surface area (Å²) in [6.07, 6.45) is 0. The zero-order valence-electron chi connectivity index (χ0n) is 10.6. The lowest BCUT2D eigenvalue weighted by Crippen LogP contribution is -2.28. The monoisotopic (exact) mass is 282 g/mol. The van der Waals surface area contributed by atoms with Crippen molar-refractivity contribution in [3.8, 4) is 6.07 Å². The standard InChI is InChI=1S/C12H15ClN4S/c1-4-16(5-2)9(6-14)10-11(13)15-12-17(10)8(3)7-18-12/h7,9H,4-5H2,1-3H3. The first-order valence-corrected chi connectivity index (χ1v) is 7.15. The highest BCUT2D eigenvalue weighted by molar-refractivity contribution is 7.15. The third-order valence-corrected chi connectivity index (χ3v) is 4.31. The lowest BCUT2D eigenvalue weighted by atomic mass is 10.2. The molecule has 0 saturated heterocycles. The molecule has 0 N–H and O–H groups in total. The fourth-order valence-corrected chi connectivity index (χ4v) is 3.33. The largest absolute Gasteiger partial charge is 0.288 e. The van der Waals surface area contributed by atoms with E-state index in [9.17, 15) is 5.26 Å². The van der Waals surface area contributed by atoms with Gasteiger partial charge >= 0.3 is 0 Å². The Kier molecular flexibility index (Phi) is 3.91. The van der Waals surface area contributed by atoms with Gasteiger partial charge in [0.1, 0.15) is 6.04 Å². The number of imidazole rings is 1. The molecule has 2 heterocycles. The molecule has 0 aliphatic carbocycles. The molecule has 2 aromatic rings. The molecular weight excluding hydrogens is 268 g/mol. The van der Waals surface area contributed by atoms with Gasteiger partial charge in [0.25, 0.3) is 0 Å². The summed E-state index contributed by atoms with van der Waals surface area (Å²) in [5, 5.41) is 11.9.